The topological polar surface area (TPSA) is 50.2 Å². The molecule has 0 saturated carbocycles. The third-order valence-corrected chi connectivity index (χ3v) is 11.8. The first kappa shape index (κ1) is 38.9. The van der Waals surface area contributed by atoms with Crippen molar-refractivity contribution >= 4 is 50.4 Å². The summed E-state index contributed by atoms with van der Waals surface area (Å²) in [5.41, 5.74) is 5.16. The van der Waals surface area contributed by atoms with Gasteiger partial charge in [-0.2, -0.15) is 0 Å². The van der Waals surface area contributed by atoms with Gasteiger partial charge in [-0.1, -0.05) is 27.7 Å². The molecule has 0 amide bonds. The van der Waals surface area contributed by atoms with Gasteiger partial charge in [0.15, 0.2) is 5.78 Å². The summed E-state index contributed by atoms with van der Waals surface area (Å²) in [6.07, 6.45) is 8.02. The number of carbonyl (C=O) groups excluding carboxylic acids is 1. The van der Waals surface area contributed by atoms with Crippen LogP contribution in [0.1, 0.15) is 99.1 Å². The van der Waals surface area contributed by atoms with Gasteiger partial charge in [0.05, 0.1) is 5.76 Å². The largest absolute Gasteiger partial charge is 0.512 e. The molecular weight excluding hydrogens is 822 g/mol. The summed E-state index contributed by atoms with van der Waals surface area (Å²) >= 11 is 0.265. The Bertz CT molecular complexity index is 1820. The summed E-state index contributed by atoms with van der Waals surface area (Å²) in [4.78, 5) is 16.6. The number of benzene rings is 3. The van der Waals surface area contributed by atoms with Gasteiger partial charge in [0.1, 0.15) is 0 Å². The minimum absolute atomic E-state index is 0. The number of fused-ring (bicyclic) bond motifs is 4. The SMILES string of the molecule is CC(C)Cc1cccc2c1[se]c1c(-c3[c-]c4ccccc4c(C(C)(C)C)c3)nccc12.CCC(CC)C(=O)/C=C(\O)C(CC)CC.[Ir]. The first-order valence-corrected chi connectivity index (χ1v) is 18.8. The molecule has 0 unspecified atom stereocenters. The van der Waals surface area contributed by atoms with Crippen LogP contribution in [0.4, 0.5) is 0 Å². The van der Waals surface area contributed by atoms with Crippen LogP contribution in [0.25, 0.3) is 41.3 Å². The van der Waals surface area contributed by atoms with Gasteiger partial charge in [0.25, 0.3) is 0 Å². The molecule has 0 spiro atoms. The number of pyridine rings is 1. The van der Waals surface area contributed by atoms with Gasteiger partial charge in [-0.3, -0.25) is 4.79 Å². The molecule has 0 saturated heterocycles. The third kappa shape index (κ3) is 9.12. The first-order valence-electron chi connectivity index (χ1n) is 17.1. The van der Waals surface area contributed by atoms with Crippen LogP contribution in [0.2, 0.25) is 0 Å². The van der Waals surface area contributed by atoms with Crippen LogP contribution in [0.3, 0.4) is 0 Å². The summed E-state index contributed by atoms with van der Waals surface area (Å²) in [6.45, 7) is 19.6. The van der Waals surface area contributed by atoms with Crippen LogP contribution in [-0.2, 0) is 36.7 Å². The van der Waals surface area contributed by atoms with Crippen LogP contribution in [0.15, 0.2) is 72.6 Å². The van der Waals surface area contributed by atoms with Gasteiger partial charge < -0.3 is 5.11 Å². The molecule has 3 nitrogen and oxygen atoms in total. The number of nitrogens with zero attached hydrogens (tertiary/aromatic N) is 1. The van der Waals surface area contributed by atoms with Crippen LogP contribution < -0.4 is 0 Å². The number of aliphatic hydroxyl groups is 1. The van der Waals surface area contributed by atoms with Crippen LogP contribution in [0.5, 0.6) is 0 Å². The van der Waals surface area contributed by atoms with Crippen molar-refractivity contribution in [2.24, 2.45) is 17.8 Å². The molecule has 0 bridgehead atoms. The predicted molar refractivity (Wildman–Crippen MR) is 199 cm³/mol. The van der Waals surface area contributed by atoms with E-state index in [1.165, 1.54) is 43.0 Å². The number of carbonyl (C=O) groups is 1. The molecule has 253 valence electrons. The Labute approximate surface area is 302 Å². The van der Waals surface area contributed by atoms with Crippen LogP contribution in [0, 0.1) is 23.8 Å². The molecule has 2 aromatic heterocycles. The van der Waals surface area contributed by atoms with E-state index in [9.17, 15) is 9.90 Å². The van der Waals surface area contributed by atoms with Gasteiger partial charge in [0.2, 0.25) is 0 Å². The Balaban J connectivity index is 0.000000322. The van der Waals surface area contributed by atoms with E-state index in [2.05, 4.69) is 95.3 Å². The summed E-state index contributed by atoms with van der Waals surface area (Å²) in [5.74, 6) is 1.21. The number of ketones is 1. The second kappa shape index (κ2) is 17.2. The molecule has 47 heavy (non-hydrogen) atoms. The number of aliphatic hydroxyl groups excluding tert-OH is 1. The Hall–Kier alpha value is -2.55. The number of aromatic nitrogens is 1. The molecule has 0 aliphatic rings. The average molecular weight is 874 g/mol. The summed E-state index contributed by atoms with van der Waals surface area (Å²) in [5, 5.41) is 15.0. The van der Waals surface area contributed by atoms with Gasteiger partial charge in [0, 0.05) is 38.0 Å². The smallest absolute Gasteiger partial charge is 0.162 e. The zero-order valence-corrected chi connectivity index (χ0v) is 33.8. The molecule has 5 heteroatoms. The van der Waals surface area contributed by atoms with Crippen LogP contribution in [-0.4, -0.2) is 30.4 Å². The maximum Gasteiger partial charge on any atom is 0.162 e. The maximum absolute atomic E-state index is 11.7. The van der Waals surface area contributed by atoms with Gasteiger partial charge >= 0.3 is 191 Å². The van der Waals surface area contributed by atoms with Crippen LogP contribution >= 0.6 is 0 Å². The van der Waals surface area contributed by atoms with Crippen molar-refractivity contribution in [1.29, 1.82) is 0 Å². The molecule has 2 heterocycles. The quantitative estimate of drug-likeness (QED) is 0.0658. The number of hydrogen-bond acceptors (Lipinski definition) is 3. The molecule has 1 radical (unpaired) electrons. The first-order chi connectivity index (χ1) is 21.9. The molecule has 5 rings (SSSR count). The average Bonchev–Trinajstić information content (AvgIpc) is 3.41. The van der Waals surface area contributed by atoms with Gasteiger partial charge in [-0.15, -0.1) is 0 Å². The maximum atomic E-state index is 11.7. The zero-order valence-electron chi connectivity index (χ0n) is 29.7. The van der Waals surface area contributed by atoms with E-state index in [1.807, 2.05) is 33.9 Å². The minimum atomic E-state index is 0. The summed E-state index contributed by atoms with van der Waals surface area (Å²) in [7, 11) is 0. The van der Waals surface area contributed by atoms with E-state index in [0.717, 1.165) is 43.4 Å². The van der Waals surface area contributed by atoms with Gasteiger partial charge in [-0.25, -0.2) is 0 Å². The van der Waals surface area contributed by atoms with Crippen molar-refractivity contribution < 1.29 is 30.0 Å². The van der Waals surface area contributed by atoms with E-state index in [-0.39, 0.29) is 63.4 Å². The van der Waals surface area contributed by atoms with Gasteiger partial charge in [-0.05, 0) is 25.7 Å². The number of allylic oxidation sites excluding steroid dienone is 2. The molecule has 0 atom stereocenters. The number of hydrogen-bond donors (Lipinski definition) is 1. The fraction of sp³-hybridized carbons (Fsp3) is 0.429. The molecule has 3 aromatic carbocycles. The van der Waals surface area contributed by atoms with Crippen molar-refractivity contribution in [2.75, 3.05) is 0 Å². The monoisotopic (exact) mass is 875 g/mol. The Morgan fingerprint density at radius 2 is 1.49 bits per heavy atom. The number of rotatable bonds is 10. The van der Waals surface area contributed by atoms with E-state index >= 15 is 0 Å². The zero-order chi connectivity index (χ0) is 33.6. The Morgan fingerprint density at radius 1 is 0.872 bits per heavy atom. The van der Waals surface area contributed by atoms with Crippen molar-refractivity contribution in [2.45, 2.75) is 99.8 Å². The fourth-order valence-electron chi connectivity index (χ4n) is 6.33. The fourth-order valence-corrected chi connectivity index (χ4v) is 9.11. The van der Waals surface area contributed by atoms with Crippen molar-refractivity contribution in [3.05, 3.63) is 89.8 Å². The third-order valence-electron chi connectivity index (χ3n) is 9.04. The van der Waals surface area contributed by atoms with Crippen molar-refractivity contribution in [3.63, 3.8) is 0 Å². The predicted octanol–water partition coefficient (Wildman–Crippen LogP) is 11.4. The van der Waals surface area contributed by atoms with E-state index in [1.54, 1.807) is 4.26 Å². The summed E-state index contributed by atoms with van der Waals surface area (Å²) in [6, 6.07) is 23.7. The molecule has 0 fully saturated rings. The molecule has 0 aliphatic carbocycles. The van der Waals surface area contributed by atoms with Crippen molar-refractivity contribution in [3.8, 4) is 11.3 Å². The molecular formula is C42H52IrNO2Se-. The second-order valence-corrected chi connectivity index (χ2v) is 16.1. The normalized spacial score (nSPS) is 12.2. The summed E-state index contributed by atoms with van der Waals surface area (Å²) < 4.78 is 2.96. The minimum Gasteiger partial charge on any atom is -0.512 e. The molecule has 1 N–H and O–H groups in total. The Kier molecular flexibility index (Phi) is 14.2. The Morgan fingerprint density at radius 3 is 2.11 bits per heavy atom. The molecule has 5 aromatic rings. The van der Waals surface area contributed by atoms with E-state index in [4.69, 9.17) is 4.98 Å². The van der Waals surface area contributed by atoms with E-state index in [0.29, 0.717) is 5.92 Å². The molecule has 0 aliphatic heterocycles. The van der Waals surface area contributed by atoms with E-state index < -0.39 is 0 Å². The second-order valence-electron chi connectivity index (χ2n) is 13.9. The standard InChI is InChI=1S/C29H28NSe.C13H24O2.Ir/c1-18(2)15-20-10-8-12-23-24-13-14-30-26(28(24)31-27(20)23)21-16-19-9-6-7-11-22(19)25(17-21)29(3,4)5;1-5-10(6-2)12(14)9-13(15)11(7-3)8-4;/h6-14,17-18H,15H2,1-5H3;9-11,14H,5-8H2,1-4H3;/q-1;;/b;12-9-;. The van der Waals surface area contributed by atoms with Crippen molar-refractivity contribution in [1.82, 2.24) is 4.98 Å².